The number of nitrogens with one attached hydrogen (secondary N) is 1. The fourth-order valence-electron chi connectivity index (χ4n) is 4.27. The van der Waals surface area contributed by atoms with Crippen molar-refractivity contribution in [2.24, 2.45) is 0 Å². The maximum absolute atomic E-state index is 11.8. The quantitative estimate of drug-likeness (QED) is 0.688. The van der Waals surface area contributed by atoms with Gasteiger partial charge >= 0.3 is 0 Å². The van der Waals surface area contributed by atoms with Gasteiger partial charge in [-0.1, -0.05) is 19.1 Å². The van der Waals surface area contributed by atoms with Crippen LogP contribution in [0.4, 0.5) is 5.82 Å². The molecule has 0 spiro atoms. The van der Waals surface area contributed by atoms with Crippen LogP contribution in [0.5, 0.6) is 5.75 Å². The van der Waals surface area contributed by atoms with Crippen LogP contribution < -0.4 is 15.2 Å². The van der Waals surface area contributed by atoms with Gasteiger partial charge in [0, 0.05) is 62.7 Å². The highest BCUT2D eigenvalue weighted by Crippen LogP contribution is 2.26. The molecule has 0 amide bonds. The van der Waals surface area contributed by atoms with E-state index in [4.69, 9.17) is 4.74 Å². The molecule has 0 aliphatic carbocycles. The molecule has 0 saturated carbocycles. The number of anilines is 1. The molecular weight excluding hydrogens is 390 g/mol. The van der Waals surface area contributed by atoms with Crippen molar-refractivity contribution in [1.82, 2.24) is 19.9 Å². The lowest BCUT2D eigenvalue weighted by Crippen LogP contribution is -2.46. The van der Waals surface area contributed by atoms with Crippen molar-refractivity contribution < 1.29 is 4.74 Å². The Balaban J connectivity index is 1.21. The summed E-state index contributed by atoms with van der Waals surface area (Å²) in [6, 6.07) is 12.1. The van der Waals surface area contributed by atoms with Crippen molar-refractivity contribution in [1.29, 1.82) is 0 Å². The Hall–Kier alpha value is -3.19. The standard InChI is InChI=1S/C24H27N5O2/c1-2-20-14-23(30)27-24(26-20)19-4-6-22(25-15-19)29-10-8-28(9-11-29)16-17-3-5-21-18(13-17)7-12-31-21/h3-6,13-15H,2,7-12,16H2,1H3,(H,26,27,30). The van der Waals surface area contributed by atoms with Crippen LogP contribution in [0.2, 0.25) is 0 Å². The lowest BCUT2D eigenvalue weighted by molar-refractivity contribution is 0.249. The average molecular weight is 418 g/mol. The summed E-state index contributed by atoms with van der Waals surface area (Å²) in [6.45, 7) is 7.67. The van der Waals surface area contributed by atoms with Crippen LogP contribution in [-0.4, -0.2) is 52.6 Å². The van der Waals surface area contributed by atoms with Gasteiger partial charge in [0.2, 0.25) is 0 Å². The molecule has 0 bridgehead atoms. The Morgan fingerprint density at radius 3 is 2.74 bits per heavy atom. The van der Waals surface area contributed by atoms with Crippen molar-refractivity contribution in [3.8, 4) is 17.1 Å². The van der Waals surface area contributed by atoms with Gasteiger partial charge in [0.05, 0.1) is 6.61 Å². The molecule has 5 rings (SSSR count). The maximum Gasteiger partial charge on any atom is 0.251 e. The highest BCUT2D eigenvalue weighted by molar-refractivity contribution is 5.56. The summed E-state index contributed by atoms with van der Waals surface area (Å²) in [5, 5.41) is 0. The van der Waals surface area contributed by atoms with Crippen LogP contribution in [0, 0.1) is 0 Å². The van der Waals surface area contributed by atoms with Crippen LogP contribution in [0.25, 0.3) is 11.4 Å². The molecule has 31 heavy (non-hydrogen) atoms. The molecular formula is C24H27N5O2. The minimum atomic E-state index is -0.127. The van der Waals surface area contributed by atoms with E-state index >= 15 is 0 Å². The summed E-state index contributed by atoms with van der Waals surface area (Å²) >= 11 is 0. The van der Waals surface area contributed by atoms with E-state index in [0.29, 0.717) is 5.82 Å². The highest BCUT2D eigenvalue weighted by atomic mass is 16.5. The lowest BCUT2D eigenvalue weighted by Gasteiger charge is -2.35. The zero-order valence-electron chi connectivity index (χ0n) is 17.8. The van der Waals surface area contributed by atoms with Crippen molar-refractivity contribution in [3.63, 3.8) is 0 Å². The molecule has 1 fully saturated rings. The van der Waals surface area contributed by atoms with Gasteiger partial charge in [0.1, 0.15) is 17.4 Å². The monoisotopic (exact) mass is 417 g/mol. The number of fused-ring (bicyclic) bond motifs is 1. The summed E-state index contributed by atoms with van der Waals surface area (Å²) in [7, 11) is 0. The van der Waals surface area contributed by atoms with Gasteiger partial charge in [-0.25, -0.2) is 9.97 Å². The zero-order chi connectivity index (χ0) is 21.2. The van der Waals surface area contributed by atoms with Crippen LogP contribution in [0.15, 0.2) is 47.4 Å². The Morgan fingerprint density at radius 1 is 1.10 bits per heavy atom. The number of rotatable bonds is 5. The minimum Gasteiger partial charge on any atom is -0.493 e. The number of hydrogen-bond donors (Lipinski definition) is 1. The van der Waals surface area contributed by atoms with Gasteiger partial charge in [-0.3, -0.25) is 9.69 Å². The third kappa shape index (κ3) is 4.32. The first kappa shape index (κ1) is 19.8. The number of pyridine rings is 1. The Labute approximate surface area is 181 Å². The van der Waals surface area contributed by atoms with Crippen molar-refractivity contribution in [2.75, 3.05) is 37.7 Å². The molecule has 1 saturated heterocycles. The van der Waals surface area contributed by atoms with Gasteiger partial charge in [-0.2, -0.15) is 0 Å². The van der Waals surface area contributed by atoms with E-state index in [1.54, 1.807) is 12.3 Å². The Morgan fingerprint density at radius 2 is 1.97 bits per heavy atom. The lowest BCUT2D eigenvalue weighted by atomic mass is 10.1. The second-order valence-corrected chi connectivity index (χ2v) is 8.15. The molecule has 7 nitrogen and oxygen atoms in total. The van der Waals surface area contributed by atoms with Crippen LogP contribution >= 0.6 is 0 Å². The number of ether oxygens (including phenoxy) is 1. The summed E-state index contributed by atoms with van der Waals surface area (Å²) in [6.07, 6.45) is 3.54. The molecule has 2 aliphatic heterocycles. The van der Waals surface area contributed by atoms with E-state index < -0.39 is 0 Å². The summed E-state index contributed by atoms with van der Waals surface area (Å²) < 4.78 is 5.61. The van der Waals surface area contributed by atoms with E-state index in [2.05, 4.69) is 43.0 Å². The van der Waals surface area contributed by atoms with Gasteiger partial charge < -0.3 is 14.6 Å². The predicted molar refractivity (Wildman–Crippen MR) is 121 cm³/mol. The molecule has 1 aromatic carbocycles. The topological polar surface area (TPSA) is 74.4 Å². The van der Waals surface area contributed by atoms with Gasteiger partial charge in [-0.15, -0.1) is 0 Å². The first-order chi connectivity index (χ1) is 15.2. The molecule has 2 aliphatic rings. The summed E-state index contributed by atoms with van der Waals surface area (Å²) in [5.41, 5.74) is 4.18. The fourth-order valence-corrected chi connectivity index (χ4v) is 4.27. The molecule has 2 aromatic heterocycles. The SMILES string of the molecule is CCc1cc(=O)[nH]c(-c2ccc(N3CCN(Cc4ccc5c(c4)CCO5)CC3)nc2)n1. The highest BCUT2D eigenvalue weighted by Gasteiger charge is 2.19. The summed E-state index contributed by atoms with van der Waals surface area (Å²) in [5.74, 6) is 2.59. The normalized spacial score (nSPS) is 16.2. The number of aromatic nitrogens is 3. The van der Waals surface area contributed by atoms with E-state index in [-0.39, 0.29) is 5.56 Å². The first-order valence-electron chi connectivity index (χ1n) is 11.0. The smallest absolute Gasteiger partial charge is 0.251 e. The number of nitrogens with zero attached hydrogens (tertiary/aromatic N) is 4. The Kier molecular flexibility index (Phi) is 5.42. The molecule has 0 unspecified atom stereocenters. The van der Waals surface area contributed by atoms with Gasteiger partial charge in [0.15, 0.2) is 0 Å². The number of aromatic amines is 1. The molecule has 3 aromatic rings. The summed E-state index contributed by atoms with van der Waals surface area (Å²) in [4.78, 5) is 28.6. The molecule has 160 valence electrons. The maximum atomic E-state index is 11.8. The van der Waals surface area contributed by atoms with Gasteiger partial charge in [0.25, 0.3) is 5.56 Å². The number of piperazine rings is 1. The predicted octanol–water partition coefficient (Wildman–Crippen LogP) is 2.65. The van der Waals surface area contributed by atoms with Crippen molar-refractivity contribution in [3.05, 3.63) is 69.8 Å². The number of H-pyrrole nitrogens is 1. The van der Waals surface area contributed by atoms with E-state index in [1.807, 2.05) is 19.1 Å². The average Bonchev–Trinajstić information content (AvgIpc) is 3.27. The van der Waals surface area contributed by atoms with Crippen LogP contribution in [0.1, 0.15) is 23.7 Å². The molecule has 4 heterocycles. The third-order valence-corrected chi connectivity index (χ3v) is 6.03. The zero-order valence-corrected chi connectivity index (χ0v) is 17.8. The number of hydrogen-bond acceptors (Lipinski definition) is 6. The first-order valence-corrected chi connectivity index (χ1v) is 11.0. The van der Waals surface area contributed by atoms with Crippen LogP contribution in [0.3, 0.4) is 0 Å². The number of benzene rings is 1. The van der Waals surface area contributed by atoms with Crippen molar-refractivity contribution >= 4 is 5.82 Å². The van der Waals surface area contributed by atoms with E-state index in [1.165, 1.54) is 11.1 Å². The van der Waals surface area contributed by atoms with Gasteiger partial charge in [-0.05, 0) is 35.7 Å². The fraction of sp³-hybridized carbons (Fsp3) is 0.375. The number of aryl methyl sites for hydroxylation is 1. The van der Waals surface area contributed by atoms with Crippen LogP contribution in [-0.2, 0) is 19.4 Å². The van der Waals surface area contributed by atoms with E-state index in [0.717, 1.165) is 75.0 Å². The molecule has 0 radical (unpaired) electrons. The molecule has 7 heteroatoms. The minimum absolute atomic E-state index is 0.127. The largest absolute Gasteiger partial charge is 0.493 e. The Bertz CT molecular complexity index is 1120. The second-order valence-electron chi connectivity index (χ2n) is 8.15. The third-order valence-electron chi connectivity index (χ3n) is 6.03. The molecule has 1 N–H and O–H groups in total. The van der Waals surface area contributed by atoms with E-state index in [9.17, 15) is 4.79 Å². The van der Waals surface area contributed by atoms with Crippen molar-refractivity contribution in [2.45, 2.75) is 26.3 Å². The second kappa shape index (κ2) is 8.51. The molecule has 0 atom stereocenters.